The molecular weight excluding hydrogens is 150 g/mol. The number of ketones is 1. The van der Waals surface area contributed by atoms with Gasteiger partial charge in [-0.15, -0.1) is 0 Å². The van der Waals surface area contributed by atoms with Crippen LogP contribution in [-0.4, -0.2) is 30.3 Å². The second kappa shape index (κ2) is 3.17. The molecule has 1 heterocycles. The lowest BCUT2D eigenvalue weighted by molar-refractivity contribution is -0.129. The van der Waals surface area contributed by atoms with Crippen LogP contribution in [0.1, 0.15) is 32.1 Å². The van der Waals surface area contributed by atoms with Gasteiger partial charge in [0, 0.05) is 18.4 Å². The van der Waals surface area contributed by atoms with E-state index in [1.165, 1.54) is 19.4 Å². The zero-order valence-electron chi connectivity index (χ0n) is 7.75. The molecule has 2 aliphatic rings. The molecule has 0 spiro atoms. The standard InChI is InChI=1S/C10H17NO/c1-11-7-3-4-8-9(11)5-2-6-10(8)12/h8-9H,2-7H2,1H3/t8-,9-/m0/s1. The van der Waals surface area contributed by atoms with Crippen LogP contribution in [-0.2, 0) is 4.79 Å². The van der Waals surface area contributed by atoms with E-state index in [-0.39, 0.29) is 0 Å². The van der Waals surface area contributed by atoms with Crippen molar-refractivity contribution >= 4 is 5.78 Å². The first kappa shape index (κ1) is 8.24. The van der Waals surface area contributed by atoms with Crippen LogP contribution in [0.25, 0.3) is 0 Å². The van der Waals surface area contributed by atoms with Crippen molar-refractivity contribution < 1.29 is 4.79 Å². The van der Waals surface area contributed by atoms with E-state index in [4.69, 9.17) is 0 Å². The number of hydrogen-bond acceptors (Lipinski definition) is 2. The van der Waals surface area contributed by atoms with E-state index in [0.29, 0.717) is 17.7 Å². The average molecular weight is 167 g/mol. The summed E-state index contributed by atoms with van der Waals surface area (Å²) in [6.07, 6.45) is 5.56. The maximum atomic E-state index is 11.5. The Hall–Kier alpha value is -0.370. The van der Waals surface area contributed by atoms with Gasteiger partial charge in [-0.3, -0.25) is 4.79 Å². The van der Waals surface area contributed by atoms with E-state index in [2.05, 4.69) is 11.9 Å². The van der Waals surface area contributed by atoms with Gasteiger partial charge < -0.3 is 4.90 Å². The molecule has 2 nitrogen and oxygen atoms in total. The highest BCUT2D eigenvalue weighted by Gasteiger charge is 2.36. The molecule has 0 aromatic carbocycles. The summed E-state index contributed by atoms with van der Waals surface area (Å²) in [7, 11) is 2.16. The van der Waals surface area contributed by atoms with Crippen LogP contribution in [0.4, 0.5) is 0 Å². The van der Waals surface area contributed by atoms with Crippen LogP contribution in [0.15, 0.2) is 0 Å². The Morgan fingerprint density at radius 2 is 2.17 bits per heavy atom. The van der Waals surface area contributed by atoms with E-state index < -0.39 is 0 Å². The highest BCUT2D eigenvalue weighted by molar-refractivity contribution is 5.82. The summed E-state index contributed by atoms with van der Waals surface area (Å²) in [6, 6.07) is 0.583. The van der Waals surface area contributed by atoms with Crippen molar-refractivity contribution in [1.82, 2.24) is 4.90 Å². The first-order valence-electron chi connectivity index (χ1n) is 5.02. The van der Waals surface area contributed by atoms with Crippen molar-refractivity contribution in [1.29, 1.82) is 0 Å². The SMILES string of the molecule is CN1CCC[C@@H]2C(=O)CCC[C@@H]21. The zero-order valence-corrected chi connectivity index (χ0v) is 7.75. The molecule has 2 heteroatoms. The maximum absolute atomic E-state index is 11.5. The second-order valence-electron chi connectivity index (χ2n) is 4.16. The van der Waals surface area contributed by atoms with Gasteiger partial charge in [-0.25, -0.2) is 0 Å². The summed E-state index contributed by atoms with van der Waals surface area (Å²) in [6.45, 7) is 1.19. The molecule has 0 aromatic heterocycles. The molecule has 2 fully saturated rings. The van der Waals surface area contributed by atoms with Gasteiger partial charge in [0.15, 0.2) is 0 Å². The lowest BCUT2D eigenvalue weighted by Gasteiger charge is -2.41. The Morgan fingerprint density at radius 3 is 2.92 bits per heavy atom. The summed E-state index contributed by atoms with van der Waals surface area (Å²) in [4.78, 5) is 13.9. The Bertz CT molecular complexity index is 190. The van der Waals surface area contributed by atoms with Crippen LogP contribution in [0.5, 0.6) is 0 Å². The van der Waals surface area contributed by atoms with E-state index >= 15 is 0 Å². The van der Waals surface area contributed by atoms with Crippen molar-refractivity contribution in [3.05, 3.63) is 0 Å². The summed E-state index contributed by atoms with van der Waals surface area (Å²) in [5, 5.41) is 0. The smallest absolute Gasteiger partial charge is 0.137 e. The van der Waals surface area contributed by atoms with Crippen molar-refractivity contribution in [2.45, 2.75) is 38.1 Å². The minimum Gasteiger partial charge on any atom is -0.303 e. The summed E-state index contributed by atoms with van der Waals surface area (Å²) >= 11 is 0. The molecule has 1 saturated heterocycles. The Kier molecular flexibility index (Phi) is 2.18. The molecule has 1 aliphatic heterocycles. The first-order valence-corrected chi connectivity index (χ1v) is 5.02. The highest BCUT2D eigenvalue weighted by atomic mass is 16.1. The number of piperidine rings is 1. The molecule has 1 saturated carbocycles. The summed E-state index contributed by atoms with van der Waals surface area (Å²) < 4.78 is 0. The lowest BCUT2D eigenvalue weighted by atomic mass is 9.78. The third-order valence-corrected chi connectivity index (χ3v) is 3.39. The fourth-order valence-electron chi connectivity index (χ4n) is 2.69. The molecule has 0 bridgehead atoms. The monoisotopic (exact) mass is 167 g/mol. The molecule has 2 atom stereocenters. The molecule has 0 amide bonds. The minimum absolute atomic E-state index is 0.387. The number of fused-ring (bicyclic) bond motifs is 1. The van der Waals surface area contributed by atoms with E-state index in [0.717, 1.165) is 19.3 Å². The number of likely N-dealkylation sites (tertiary alicyclic amines) is 1. The minimum atomic E-state index is 0.387. The molecule has 0 N–H and O–H groups in total. The predicted octanol–water partition coefficient (Wildman–Crippen LogP) is 1.45. The average Bonchev–Trinajstić information content (AvgIpc) is 2.07. The molecule has 0 aromatic rings. The Labute approximate surface area is 73.9 Å². The van der Waals surface area contributed by atoms with Gasteiger partial charge in [-0.1, -0.05) is 0 Å². The highest BCUT2D eigenvalue weighted by Crippen LogP contribution is 2.31. The van der Waals surface area contributed by atoms with E-state index in [1.54, 1.807) is 0 Å². The normalized spacial score (nSPS) is 37.9. The van der Waals surface area contributed by atoms with E-state index in [9.17, 15) is 4.79 Å². The Balaban J connectivity index is 2.10. The van der Waals surface area contributed by atoms with Crippen molar-refractivity contribution in [3.63, 3.8) is 0 Å². The lowest BCUT2D eigenvalue weighted by Crippen LogP contribution is -2.47. The number of hydrogen-bond donors (Lipinski definition) is 0. The zero-order chi connectivity index (χ0) is 8.55. The number of carbonyl (C=O) groups is 1. The van der Waals surface area contributed by atoms with Crippen LogP contribution in [0, 0.1) is 5.92 Å². The van der Waals surface area contributed by atoms with Crippen LogP contribution in [0.2, 0.25) is 0 Å². The van der Waals surface area contributed by atoms with Crippen molar-refractivity contribution in [2.75, 3.05) is 13.6 Å². The van der Waals surface area contributed by atoms with Gasteiger partial charge in [-0.2, -0.15) is 0 Å². The van der Waals surface area contributed by atoms with Gasteiger partial charge in [0.2, 0.25) is 0 Å². The molecule has 1 aliphatic carbocycles. The Morgan fingerprint density at radius 1 is 1.33 bits per heavy atom. The quantitative estimate of drug-likeness (QED) is 0.544. The second-order valence-corrected chi connectivity index (χ2v) is 4.16. The van der Waals surface area contributed by atoms with Gasteiger partial charge >= 0.3 is 0 Å². The number of rotatable bonds is 0. The largest absolute Gasteiger partial charge is 0.303 e. The third-order valence-electron chi connectivity index (χ3n) is 3.39. The fourth-order valence-corrected chi connectivity index (χ4v) is 2.69. The van der Waals surface area contributed by atoms with Gasteiger partial charge in [0.25, 0.3) is 0 Å². The molecule has 0 unspecified atom stereocenters. The molecule has 12 heavy (non-hydrogen) atoms. The third kappa shape index (κ3) is 1.28. The number of carbonyl (C=O) groups excluding carboxylic acids is 1. The topological polar surface area (TPSA) is 20.3 Å². The molecule has 0 radical (unpaired) electrons. The van der Waals surface area contributed by atoms with Gasteiger partial charge in [-0.05, 0) is 39.3 Å². The number of Topliss-reactive ketones (excluding diaryl/α,β-unsaturated/α-hetero) is 1. The van der Waals surface area contributed by atoms with Crippen LogP contribution < -0.4 is 0 Å². The fraction of sp³-hybridized carbons (Fsp3) is 0.900. The number of nitrogens with zero attached hydrogens (tertiary/aromatic N) is 1. The summed E-state index contributed by atoms with van der Waals surface area (Å²) in [5.41, 5.74) is 0. The van der Waals surface area contributed by atoms with E-state index in [1.807, 2.05) is 0 Å². The van der Waals surface area contributed by atoms with Crippen molar-refractivity contribution in [2.24, 2.45) is 5.92 Å². The molecule has 2 rings (SSSR count). The van der Waals surface area contributed by atoms with Gasteiger partial charge in [0.1, 0.15) is 5.78 Å². The van der Waals surface area contributed by atoms with Crippen molar-refractivity contribution in [3.8, 4) is 0 Å². The summed E-state index contributed by atoms with van der Waals surface area (Å²) in [5.74, 6) is 0.912. The predicted molar refractivity (Wildman–Crippen MR) is 48.0 cm³/mol. The van der Waals surface area contributed by atoms with Gasteiger partial charge in [0.05, 0.1) is 0 Å². The van der Waals surface area contributed by atoms with Crippen LogP contribution >= 0.6 is 0 Å². The maximum Gasteiger partial charge on any atom is 0.137 e. The van der Waals surface area contributed by atoms with Crippen LogP contribution in [0.3, 0.4) is 0 Å². The first-order chi connectivity index (χ1) is 5.79. The molecule has 68 valence electrons. The molecular formula is C10H17NO.